The second kappa shape index (κ2) is 10.2. The van der Waals surface area contributed by atoms with Gasteiger partial charge in [-0.25, -0.2) is 0 Å². The summed E-state index contributed by atoms with van der Waals surface area (Å²) in [5, 5.41) is 13.1. The number of carbonyl (C=O) groups is 2. The van der Waals surface area contributed by atoms with Crippen LogP contribution >= 0.6 is 35.0 Å². The second-order valence-corrected chi connectivity index (χ2v) is 9.13. The molecule has 0 spiro atoms. The van der Waals surface area contributed by atoms with Crippen LogP contribution in [0.25, 0.3) is 0 Å². The summed E-state index contributed by atoms with van der Waals surface area (Å²) in [6.07, 6.45) is 1.86. The smallest absolute Gasteiger partial charge is 0.265 e. The molecular formula is C24H17Cl2N3O3S. The summed E-state index contributed by atoms with van der Waals surface area (Å²) in [6, 6.07) is 19.5. The topological polar surface area (TPSA) is 86.3 Å². The zero-order valence-corrected chi connectivity index (χ0v) is 19.5. The number of rotatable bonds is 6. The maximum absolute atomic E-state index is 13.4. The highest BCUT2D eigenvalue weighted by molar-refractivity contribution is 8.05. The molecule has 1 aliphatic rings. The van der Waals surface area contributed by atoms with Gasteiger partial charge >= 0.3 is 0 Å². The van der Waals surface area contributed by atoms with Gasteiger partial charge in [0.1, 0.15) is 22.4 Å². The predicted octanol–water partition coefficient (Wildman–Crippen LogP) is 5.33. The Morgan fingerprint density at radius 3 is 2.58 bits per heavy atom. The molecule has 0 bridgehead atoms. The van der Waals surface area contributed by atoms with E-state index in [2.05, 4.69) is 5.32 Å². The third-order valence-electron chi connectivity index (χ3n) is 4.93. The minimum Gasteiger partial charge on any atom is -0.467 e. The van der Waals surface area contributed by atoms with E-state index in [9.17, 15) is 14.9 Å². The average Bonchev–Trinajstić information content (AvgIpc) is 3.44. The highest BCUT2D eigenvalue weighted by Gasteiger charge is 2.40. The Morgan fingerprint density at radius 2 is 1.91 bits per heavy atom. The largest absolute Gasteiger partial charge is 0.467 e. The van der Waals surface area contributed by atoms with Crippen molar-refractivity contribution in [3.8, 4) is 6.07 Å². The Labute approximate surface area is 204 Å². The van der Waals surface area contributed by atoms with Gasteiger partial charge in [-0.05, 0) is 48.4 Å². The molecule has 0 saturated carbocycles. The van der Waals surface area contributed by atoms with E-state index in [4.69, 9.17) is 27.6 Å². The zero-order chi connectivity index (χ0) is 23.4. The lowest BCUT2D eigenvalue weighted by atomic mass is 10.1. The van der Waals surface area contributed by atoms with E-state index in [0.717, 1.165) is 5.56 Å². The zero-order valence-electron chi connectivity index (χ0n) is 17.1. The van der Waals surface area contributed by atoms with E-state index in [1.54, 1.807) is 54.6 Å². The van der Waals surface area contributed by atoms with Crippen LogP contribution < -0.4 is 10.2 Å². The van der Waals surface area contributed by atoms with Crippen molar-refractivity contribution in [1.82, 2.24) is 5.32 Å². The Balaban J connectivity index is 1.66. The Hall–Kier alpha value is -3.18. The first-order chi connectivity index (χ1) is 16.0. The molecule has 6 nitrogen and oxygen atoms in total. The highest BCUT2D eigenvalue weighted by Crippen LogP contribution is 2.42. The number of nitrogens with zero attached hydrogens (tertiary/aromatic N) is 2. The van der Waals surface area contributed by atoms with Crippen LogP contribution in [0.2, 0.25) is 10.0 Å². The van der Waals surface area contributed by atoms with Gasteiger partial charge in [0.15, 0.2) is 0 Å². The van der Waals surface area contributed by atoms with Crippen molar-refractivity contribution in [3.63, 3.8) is 0 Å². The lowest BCUT2D eigenvalue weighted by molar-refractivity contribution is -0.117. The van der Waals surface area contributed by atoms with Crippen LogP contribution in [0.1, 0.15) is 11.3 Å². The van der Waals surface area contributed by atoms with Crippen LogP contribution in [0, 0.1) is 11.3 Å². The van der Waals surface area contributed by atoms with Crippen molar-refractivity contribution in [1.29, 1.82) is 5.26 Å². The first-order valence-electron chi connectivity index (χ1n) is 9.92. The first-order valence-corrected chi connectivity index (χ1v) is 11.6. The number of halogens is 2. The Bertz CT molecular complexity index is 1250. The van der Waals surface area contributed by atoms with Crippen LogP contribution in [0.5, 0.6) is 0 Å². The Morgan fingerprint density at radius 1 is 1.12 bits per heavy atom. The number of amides is 2. The number of thioether (sulfide) groups is 1. The first kappa shape index (κ1) is 23.0. The molecule has 1 saturated heterocycles. The van der Waals surface area contributed by atoms with Crippen molar-refractivity contribution >= 4 is 52.5 Å². The van der Waals surface area contributed by atoms with Crippen LogP contribution in [-0.4, -0.2) is 17.1 Å². The van der Waals surface area contributed by atoms with Crippen molar-refractivity contribution in [2.75, 3.05) is 4.90 Å². The molecule has 1 N–H and O–H groups in total. The molecular weight excluding hydrogens is 481 g/mol. The fraction of sp³-hybridized carbons (Fsp3) is 0.125. The van der Waals surface area contributed by atoms with Crippen LogP contribution in [0.3, 0.4) is 0 Å². The lowest BCUT2D eigenvalue weighted by Crippen LogP contribution is -2.32. The number of furan rings is 1. The molecule has 0 radical (unpaired) electrons. The SMILES string of the molecule is N#C/C(C(=O)NCc1ccco1)=C1/SC(Cc2ccc(Cl)c(Cl)c2)C(=O)N1c1ccccc1. The van der Waals surface area contributed by atoms with Gasteiger partial charge < -0.3 is 9.73 Å². The third kappa shape index (κ3) is 5.09. The van der Waals surface area contributed by atoms with Crippen molar-refractivity contribution < 1.29 is 14.0 Å². The molecule has 0 aliphatic carbocycles. The molecule has 166 valence electrons. The van der Waals surface area contributed by atoms with E-state index in [-0.39, 0.29) is 23.1 Å². The minimum atomic E-state index is -0.583. The van der Waals surface area contributed by atoms with Gasteiger partial charge in [0, 0.05) is 5.69 Å². The normalized spacial score (nSPS) is 17.1. The van der Waals surface area contributed by atoms with Gasteiger partial charge in [-0.3, -0.25) is 14.5 Å². The minimum absolute atomic E-state index is 0.126. The summed E-state index contributed by atoms with van der Waals surface area (Å²) in [6.45, 7) is 0.126. The van der Waals surface area contributed by atoms with Gasteiger partial charge in [0.25, 0.3) is 5.91 Å². The summed E-state index contributed by atoms with van der Waals surface area (Å²) in [5.74, 6) is -0.252. The van der Waals surface area contributed by atoms with E-state index in [1.165, 1.54) is 22.9 Å². The summed E-state index contributed by atoms with van der Waals surface area (Å²) < 4.78 is 5.23. The van der Waals surface area contributed by atoms with Gasteiger partial charge in [0.05, 0.1) is 28.1 Å². The maximum atomic E-state index is 13.4. The molecule has 33 heavy (non-hydrogen) atoms. The Kier molecular flexibility index (Phi) is 7.09. The van der Waals surface area contributed by atoms with E-state index >= 15 is 0 Å². The van der Waals surface area contributed by atoms with E-state index in [0.29, 0.717) is 27.9 Å². The molecule has 2 amide bonds. The molecule has 2 aromatic carbocycles. The van der Waals surface area contributed by atoms with Crippen LogP contribution in [-0.2, 0) is 22.6 Å². The predicted molar refractivity (Wildman–Crippen MR) is 129 cm³/mol. The van der Waals surface area contributed by atoms with Crippen molar-refractivity contribution in [2.24, 2.45) is 0 Å². The van der Waals surface area contributed by atoms with Gasteiger partial charge in [-0.1, -0.05) is 59.2 Å². The molecule has 1 atom stereocenters. The standard InChI is InChI=1S/C24H17Cl2N3O3S/c25-19-9-8-15(11-20(19)26)12-21-23(31)29(16-5-2-1-3-6-16)24(33-21)18(13-27)22(30)28-14-17-7-4-10-32-17/h1-11,21H,12,14H2,(H,28,30)/b24-18-. The maximum Gasteiger partial charge on any atom is 0.265 e. The molecule has 1 unspecified atom stereocenters. The highest BCUT2D eigenvalue weighted by atomic mass is 35.5. The molecule has 9 heteroatoms. The molecule has 1 aromatic heterocycles. The quantitative estimate of drug-likeness (QED) is 0.367. The summed E-state index contributed by atoms with van der Waals surface area (Å²) in [7, 11) is 0. The fourth-order valence-electron chi connectivity index (χ4n) is 3.35. The third-order valence-corrected chi connectivity index (χ3v) is 6.93. The van der Waals surface area contributed by atoms with Crippen molar-refractivity contribution in [2.45, 2.75) is 18.2 Å². The molecule has 4 rings (SSSR count). The van der Waals surface area contributed by atoms with Gasteiger partial charge in [-0.2, -0.15) is 5.26 Å². The van der Waals surface area contributed by atoms with Crippen molar-refractivity contribution in [3.05, 3.63) is 98.9 Å². The van der Waals surface area contributed by atoms with Gasteiger partial charge in [-0.15, -0.1) is 0 Å². The number of para-hydroxylation sites is 1. The number of nitrogens with one attached hydrogen (secondary N) is 1. The summed E-state index contributed by atoms with van der Waals surface area (Å²) in [5.41, 5.74) is 1.26. The van der Waals surface area contributed by atoms with Gasteiger partial charge in [0.2, 0.25) is 5.91 Å². The molecule has 1 fully saturated rings. The van der Waals surface area contributed by atoms with E-state index < -0.39 is 11.2 Å². The number of benzene rings is 2. The molecule has 1 aliphatic heterocycles. The monoisotopic (exact) mass is 497 g/mol. The van der Waals surface area contributed by atoms with Crippen LogP contribution in [0.15, 0.2) is 81.9 Å². The van der Waals surface area contributed by atoms with E-state index in [1.807, 2.05) is 12.1 Å². The molecule has 2 heterocycles. The number of hydrogen-bond donors (Lipinski definition) is 1. The number of anilines is 1. The second-order valence-electron chi connectivity index (χ2n) is 7.12. The molecule has 3 aromatic rings. The fourth-order valence-corrected chi connectivity index (χ4v) is 4.98. The van der Waals surface area contributed by atoms with Crippen LogP contribution in [0.4, 0.5) is 5.69 Å². The number of carbonyl (C=O) groups excluding carboxylic acids is 2. The summed E-state index contributed by atoms with van der Waals surface area (Å²) >= 11 is 13.3. The average molecular weight is 498 g/mol. The summed E-state index contributed by atoms with van der Waals surface area (Å²) in [4.78, 5) is 27.7. The number of nitriles is 1. The lowest BCUT2D eigenvalue weighted by Gasteiger charge is -2.18. The number of hydrogen-bond acceptors (Lipinski definition) is 5.